The van der Waals surface area contributed by atoms with Crippen molar-refractivity contribution in [3.8, 4) is 16.9 Å². The molecule has 4 aromatic carbocycles. The number of rotatable bonds is 11. The first kappa shape index (κ1) is 32.8. The number of aliphatic carboxylic acids is 1. The summed E-state index contributed by atoms with van der Waals surface area (Å²) in [6, 6.07) is 24.5. The number of nitrogens with one attached hydrogen (secondary N) is 1. The zero-order valence-electron chi connectivity index (χ0n) is 23.8. The lowest BCUT2D eigenvalue weighted by atomic mass is 10.0. The van der Waals surface area contributed by atoms with Gasteiger partial charge < -0.3 is 15.2 Å². The van der Waals surface area contributed by atoms with Crippen LogP contribution >= 0.6 is 24.0 Å². The fourth-order valence-electron chi connectivity index (χ4n) is 4.40. The van der Waals surface area contributed by atoms with Crippen molar-refractivity contribution in [1.29, 1.82) is 0 Å². The Labute approximate surface area is 262 Å². The molecule has 0 radical (unpaired) electrons. The summed E-state index contributed by atoms with van der Waals surface area (Å²) >= 11 is 7.06. The van der Waals surface area contributed by atoms with E-state index in [9.17, 15) is 22.4 Å². The van der Waals surface area contributed by atoms with Crippen LogP contribution < -0.4 is 10.1 Å². The molecule has 228 valence electrons. The SMILES string of the molecule is C/C(=C\C(Cc1ccc(-c2ccc(F)cc2)cc1)Sc1ccc(OCC(=O)O)c(C)c1)NC(=S)c1ccc(C(F)(F)F)cc1. The summed E-state index contributed by atoms with van der Waals surface area (Å²) in [4.78, 5) is 12.1. The molecule has 0 heterocycles. The molecule has 0 aliphatic heterocycles. The van der Waals surface area contributed by atoms with Gasteiger partial charge in [-0.15, -0.1) is 11.8 Å². The summed E-state index contributed by atoms with van der Waals surface area (Å²) in [5.74, 6) is -0.869. The van der Waals surface area contributed by atoms with Crippen molar-refractivity contribution in [2.24, 2.45) is 0 Å². The van der Waals surface area contributed by atoms with Gasteiger partial charge in [0.25, 0.3) is 0 Å². The first-order chi connectivity index (χ1) is 20.9. The Morgan fingerprint density at radius 2 is 1.59 bits per heavy atom. The molecule has 0 spiro atoms. The second-order valence-electron chi connectivity index (χ2n) is 10.1. The third-order valence-corrected chi connectivity index (χ3v) is 8.04. The number of carbonyl (C=O) groups is 1. The molecule has 0 fully saturated rings. The van der Waals surface area contributed by atoms with Crippen LogP contribution in [0.3, 0.4) is 0 Å². The number of alkyl halides is 3. The molecule has 4 rings (SSSR count). The zero-order valence-corrected chi connectivity index (χ0v) is 25.5. The monoisotopic (exact) mass is 639 g/mol. The molecule has 4 aromatic rings. The number of hydrogen-bond donors (Lipinski definition) is 2. The Hall–Kier alpha value is -4.15. The lowest BCUT2D eigenvalue weighted by Gasteiger charge is -2.17. The van der Waals surface area contributed by atoms with Gasteiger partial charge in [0.15, 0.2) is 6.61 Å². The smallest absolute Gasteiger partial charge is 0.416 e. The minimum Gasteiger partial charge on any atom is -0.482 e. The van der Waals surface area contributed by atoms with Gasteiger partial charge in [-0.05, 0) is 85.0 Å². The second kappa shape index (κ2) is 14.5. The average Bonchev–Trinajstić information content (AvgIpc) is 2.97. The van der Waals surface area contributed by atoms with Crippen LogP contribution in [0.1, 0.15) is 29.2 Å². The number of carboxylic acid groups (broad SMARTS) is 1. The number of hydrogen-bond acceptors (Lipinski definition) is 4. The van der Waals surface area contributed by atoms with Gasteiger partial charge in [-0.2, -0.15) is 13.2 Å². The van der Waals surface area contributed by atoms with Crippen LogP contribution in [-0.4, -0.2) is 27.9 Å². The molecule has 0 aromatic heterocycles. The molecule has 0 bridgehead atoms. The van der Waals surface area contributed by atoms with Gasteiger partial charge in [0.1, 0.15) is 16.6 Å². The summed E-state index contributed by atoms with van der Waals surface area (Å²) in [6.07, 6.45) is -1.78. The average molecular weight is 640 g/mol. The quantitative estimate of drug-likeness (QED) is 0.0972. The molecule has 10 heteroatoms. The zero-order chi connectivity index (χ0) is 31.9. The van der Waals surface area contributed by atoms with E-state index in [2.05, 4.69) is 5.32 Å². The molecule has 1 unspecified atom stereocenters. The Kier molecular flexibility index (Phi) is 10.8. The highest BCUT2D eigenvalue weighted by atomic mass is 32.2. The molecule has 0 amide bonds. The van der Waals surface area contributed by atoms with E-state index < -0.39 is 24.3 Å². The second-order valence-corrected chi connectivity index (χ2v) is 11.8. The predicted molar refractivity (Wildman–Crippen MR) is 170 cm³/mol. The number of halogens is 4. The van der Waals surface area contributed by atoms with Crippen LogP contribution in [0.4, 0.5) is 17.6 Å². The minimum atomic E-state index is -4.43. The lowest BCUT2D eigenvalue weighted by Crippen LogP contribution is -2.21. The first-order valence-electron chi connectivity index (χ1n) is 13.5. The number of thiocarbonyl (C=S) groups is 1. The van der Waals surface area contributed by atoms with Gasteiger partial charge >= 0.3 is 12.1 Å². The molecule has 0 aliphatic rings. The van der Waals surface area contributed by atoms with Crippen LogP contribution in [0, 0.1) is 12.7 Å². The van der Waals surface area contributed by atoms with E-state index in [0.717, 1.165) is 45.0 Å². The molecule has 44 heavy (non-hydrogen) atoms. The lowest BCUT2D eigenvalue weighted by molar-refractivity contribution is -0.139. The van der Waals surface area contributed by atoms with E-state index in [4.69, 9.17) is 22.1 Å². The summed E-state index contributed by atoms with van der Waals surface area (Å²) < 4.78 is 57.6. The van der Waals surface area contributed by atoms with Crippen molar-refractivity contribution in [3.05, 3.63) is 131 Å². The van der Waals surface area contributed by atoms with Crippen molar-refractivity contribution in [3.63, 3.8) is 0 Å². The number of ether oxygens (including phenoxy) is 1. The Bertz CT molecular complexity index is 1640. The van der Waals surface area contributed by atoms with Crippen LogP contribution in [0.2, 0.25) is 0 Å². The van der Waals surface area contributed by atoms with Crippen molar-refractivity contribution in [1.82, 2.24) is 5.32 Å². The van der Waals surface area contributed by atoms with Gasteiger partial charge in [-0.3, -0.25) is 0 Å². The van der Waals surface area contributed by atoms with Gasteiger partial charge in [0.05, 0.1) is 5.56 Å². The molecule has 1 atom stereocenters. The van der Waals surface area contributed by atoms with E-state index in [1.165, 1.54) is 24.3 Å². The number of allylic oxidation sites excluding steroid dienone is 1. The van der Waals surface area contributed by atoms with Crippen molar-refractivity contribution in [2.75, 3.05) is 6.61 Å². The van der Waals surface area contributed by atoms with Gasteiger partial charge in [-0.25, -0.2) is 9.18 Å². The highest BCUT2D eigenvalue weighted by Crippen LogP contribution is 2.32. The maximum atomic E-state index is 13.4. The van der Waals surface area contributed by atoms with Crippen molar-refractivity contribution >= 4 is 34.9 Å². The Morgan fingerprint density at radius 1 is 0.977 bits per heavy atom. The molecule has 0 aliphatic carbocycles. The van der Waals surface area contributed by atoms with E-state index in [1.807, 2.05) is 56.3 Å². The summed E-state index contributed by atoms with van der Waals surface area (Å²) in [5, 5.41) is 12.0. The molecular formula is C34H29F4NO3S2. The van der Waals surface area contributed by atoms with Crippen LogP contribution in [0.15, 0.2) is 108 Å². The van der Waals surface area contributed by atoms with E-state index in [1.54, 1.807) is 30.0 Å². The molecule has 0 saturated carbocycles. The standard InChI is InChI=1S/C34H29F4NO3S2/c1-21-17-29(15-16-31(21)42-20-32(40)41)44-30(19-23-3-5-24(6-4-23)25-9-13-28(35)14-10-25)18-22(2)39-33(43)26-7-11-27(12-8-26)34(36,37)38/h3-18,30H,19-20H2,1-2H3,(H,39,43)(H,40,41)/b22-18+. The van der Waals surface area contributed by atoms with E-state index in [-0.39, 0.29) is 11.1 Å². The van der Waals surface area contributed by atoms with Gasteiger partial charge in [0, 0.05) is 21.4 Å². The van der Waals surface area contributed by atoms with Gasteiger partial charge in [-0.1, -0.05) is 66.8 Å². The van der Waals surface area contributed by atoms with Crippen LogP contribution in [0.25, 0.3) is 11.1 Å². The van der Waals surface area contributed by atoms with E-state index in [0.29, 0.717) is 22.7 Å². The Balaban J connectivity index is 1.54. The largest absolute Gasteiger partial charge is 0.482 e. The fourth-order valence-corrected chi connectivity index (χ4v) is 5.98. The summed E-state index contributed by atoms with van der Waals surface area (Å²) in [5.41, 5.74) is 4.17. The maximum absolute atomic E-state index is 13.4. The fraction of sp³-hybridized carbons (Fsp3) is 0.176. The minimum absolute atomic E-state index is 0.0836. The van der Waals surface area contributed by atoms with Crippen molar-refractivity contribution in [2.45, 2.75) is 36.6 Å². The highest BCUT2D eigenvalue weighted by Gasteiger charge is 2.30. The normalized spacial score (nSPS) is 12.5. The van der Waals surface area contributed by atoms with Gasteiger partial charge in [0.2, 0.25) is 0 Å². The maximum Gasteiger partial charge on any atom is 0.416 e. The number of thioether (sulfide) groups is 1. The molecular weight excluding hydrogens is 611 g/mol. The first-order valence-corrected chi connectivity index (χ1v) is 14.8. The Morgan fingerprint density at radius 3 is 2.16 bits per heavy atom. The number of benzene rings is 4. The topological polar surface area (TPSA) is 58.6 Å². The third-order valence-electron chi connectivity index (χ3n) is 6.57. The third kappa shape index (κ3) is 9.42. The molecule has 2 N–H and O–H groups in total. The predicted octanol–water partition coefficient (Wildman–Crippen LogP) is 8.86. The number of carboxylic acids is 1. The van der Waals surface area contributed by atoms with Crippen LogP contribution in [0.5, 0.6) is 5.75 Å². The van der Waals surface area contributed by atoms with E-state index >= 15 is 0 Å². The summed E-state index contributed by atoms with van der Waals surface area (Å²) in [6.45, 7) is 3.25. The highest BCUT2D eigenvalue weighted by molar-refractivity contribution is 8.00. The van der Waals surface area contributed by atoms with Crippen molar-refractivity contribution < 1.29 is 32.2 Å². The molecule has 0 saturated heterocycles. The number of aryl methyl sites for hydroxylation is 1. The van der Waals surface area contributed by atoms with Crippen LogP contribution in [-0.2, 0) is 17.4 Å². The molecule has 4 nitrogen and oxygen atoms in total. The summed E-state index contributed by atoms with van der Waals surface area (Å²) in [7, 11) is 0.